The lowest BCUT2D eigenvalue weighted by Gasteiger charge is -2.17. The van der Waals surface area contributed by atoms with Crippen LogP contribution in [-0.4, -0.2) is 15.0 Å². The fourth-order valence-corrected chi connectivity index (χ4v) is 9.35. The topological polar surface area (TPSA) is 62.5 Å². The summed E-state index contributed by atoms with van der Waals surface area (Å²) >= 11 is 0. The minimum Gasteiger partial charge on any atom is -0.208 e. The number of rotatable bonds is 6. The molecule has 0 spiro atoms. The molecule has 0 bridgehead atoms. The van der Waals surface area contributed by atoms with Crippen molar-refractivity contribution in [3.05, 3.63) is 212 Å². The molecule has 0 unspecified atom stereocenters. The summed E-state index contributed by atoms with van der Waals surface area (Å²) in [5.74, 6) is 1.92. The summed E-state index contributed by atoms with van der Waals surface area (Å²) in [6.07, 6.45) is 0. The van der Waals surface area contributed by atoms with Gasteiger partial charge in [0, 0.05) is 16.7 Å². The van der Waals surface area contributed by atoms with Gasteiger partial charge in [-0.05, 0) is 112 Å². The number of benzene rings is 10. The molecule has 1 aliphatic carbocycles. The van der Waals surface area contributed by atoms with Crippen LogP contribution in [0.1, 0.15) is 5.56 Å². The van der Waals surface area contributed by atoms with E-state index in [9.17, 15) is 5.26 Å². The molecule has 0 aliphatic heterocycles. The Labute approximate surface area is 358 Å². The van der Waals surface area contributed by atoms with E-state index in [1.165, 1.54) is 55.1 Å². The monoisotopic (exact) mass is 786 g/mol. The third-order valence-electron chi connectivity index (χ3n) is 12.3. The van der Waals surface area contributed by atoms with E-state index in [0.717, 1.165) is 49.5 Å². The molecule has 62 heavy (non-hydrogen) atoms. The van der Waals surface area contributed by atoms with Gasteiger partial charge in [0.15, 0.2) is 17.5 Å². The fourth-order valence-electron chi connectivity index (χ4n) is 9.35. The van der Waals surface area contributed by atoms with Crippen LogP contribution >= 0.6 is 0 Å². The van der Waals surface area contributed by atoms with Crippen LogP contribution in [-0.2, 0) is 0 Å². The highest BCUT2D eigenvalue weighted by Crippen LogP contribution is 2.52. The summed E-state index contributed by atoms with van der Waals surface area (Å²) in [7, 11) is 0. The van der Waals surface area contributed by atoms with Crippen LogP contribution in [0.3, 0.4) is 0 Å². The zero-order valence-corrected chi connectivity index (χ0v) is 33.4. The Hall–Kier alpha value is -8.52. The largest absolute Gasteiger partial charge is 0.208 e. The van der Waals surface area contributed by atoms with Crippen molar-refractivity contribution in [3.63, 3.8) is 0 Å². The Bertz CT molecular complexity index is 3520. The average Bonchev–Trinajstić information content (AvgIpc) is 3.68. The quantitative estimate of drug-likeness (QED) is 0.158. The minimum absolute atomic E-state index is 0.640. The molecular formula is C58H34N4. The lowest BCUT2D eigenvalue weighted by molar-refractivity contribution is 1.08. The Kier molecular flexibility index (Phi) is 8.19. The maximum atomic E-state index is 9.34. The normalized spacial score (nSPS) is 11.5. The summed E-state index contributed by atoms with van der Waals surface area (Å²) in [5, 5.41) is 16.4. The van der Waals surface area contributed by atoms with Crippen molar-refractivity contribution in [1.82, 2.24) is 15.0 Å². The van der Waals surface area contributed by atoms with E-state index in [2.05, 4.69) is 127 Å². The Morgan fingerprint density at radius 1 is 0.290 bits per heavy atom. The molecule has 1 heterocycles. The summed E-state index contributed by atoms with van der Waals surface area (Å²) in [4.78, 5) is 15.2. The molecule has 1 aliphatic rings. The molecule has 0 saturated heterocycles. The molecule has 0 radical (unpaired) electrons. The van der Waals surface area contributed by atoms with Crippen LogP contribution in [0, 0.1) is 11.3 Å². The van der Waals surface area contributed by atoms with Gasteiger partial charge in [-0.2, -0.15) is 5.26 Å². The van der Waals surface area contributed by atoms with Crippen LogP contribution in [0.25, 0.3) is 122 Å². The van der Waals surface area contributed by atoms with E-state index < -0.39 is 0 Å². The van der Waals surface area contributed by atoms with Gasteiger partial charge in [-0.3, -0.25) is 0 Å². The van der Waals surface area contributed by atoms with Crippen molar-refractivity contribution in [2.24, 2.45) is 0 Å². The Morgan fingerprint density at radius 2 is 0.710 bits per heavy atom. The SMILES string of the molecule is N#Cc1ccc(-c2ccc(-c3ccc4c5c(ccc(-c6cccc7cc8c(-c9nc(-c%10ccccc%10)nc(-c%10ccccc%10)n9)cccc8cc67)c35)-c3ccccc3-4)cc2)cc1. The second kappa shape index (κ2) is 14.3. The predicted octanol–water partition coefficient (Wildman–Crippen LogP) is 14.9. The van der Waals surface area contributed by atoms with Crippen molar-refractivity contribution in [2.75, 3.05) is 0 Å². The van der Waals surface area contributed by atoms with E-state index in [1.54, 1.807) is 0 Å². The van der Waals surface area contributed by atoms with Gasteiger partial charge in [0.2, 0.25) is 0 Å². The summed E-state index contributed by atoms with van der Waals surface area (Å²) in [6.45, 7) is 0. The molecule has 10 aromatic carbocycles. The van der Waals surface area contributed by atoms with Crippen LogP contribution in [0.4, 0.5) is 0 Å². The maximum Gasteiger partial charge on any atom is 0.164 e. The van der Waals surface area contributed by atoms with Gasteiger partial charge in [-0.1, -0.05) is 182 Å². The van der Waals surface area contributed by atoms with Crippen molar-refractivity contribution >= 4 is 32.3 Å². The van der Waals surface area contributed by atoms with Gasteiger partial charge in [-0.15, -0.1) is 0 Å². The fraction of sp³-hybridized carbons (Fsp3) is 0. The van der Waals surface area contributed by atoms with Gasteiger partial charge in [0.1, 0.15) is 0 Å². The Balaban J connectivity index is 1.05. The summed E-state index contributed by atoms with van der Waals surface area (Å²) < 4.78 is 0. The van der Waals surface area contributed by atoms with Crippen LogP contribution < -0.4 is 0 Å². The van der Waals surface area contributed by atoms with Crippen molar-refractivity contribution in [1.29, 1.82) is 5.26 Å². The van der Waals surface area contributed by atoms with Crippen molar-refractivity contribution in [3.8, 4) is 95.9 Å². The molecule has 286 valence electrons. The van der Waals surface area contributed by atoms with Crippen molar-refractivity contribution < 1.29 is 0 Å². The molecular weight excluding hydrogens is 753 g/mol. The first-order valence-corrected chi connectivity index (χ1v) is 20.8. The molecule has 0 atom stereocenters. The van der Waals surface area contributed by atoms with Gasteiger partial charge in [-0.25, -0.2) is 15.0 Å². The molecule has 4 heteroatoms. The van der Waals surface area contributed by atoms with Crippen LogP contribution in [0.2, 0.25) is 0 Å². The smallest absolute Gasteiger partial charge is 0.164 e. The van der Waals surface area contributed by atoms with Gasteiger partial charge < -0.3 is 0 Å². The van der Waals surface area contributed by atoms with E-state index in [1.807, 2.05) is 84.9 Å². The molecule has 0 amide bonds. The lowest BCUT2D eigenvalue weighted by Crippen LogP contribution is -2.00. The first kappa shape index (κ1) is 35.4. The molecule has 1 aromatic heterocycles. The molecule has 4 nitrogen and oxygen atoms in total. The van der Waals surface area contributed by atoms with E-state index in [0.29, 0.717) is 23.0 Å². The molecule has 11 aromatic rings. The summed E-state index contributed by atoms with van der Waals surface area (Å²) in [6, 6.07) is 74.9. The van der Waals surface area contributed by atoms with E-state index >= 15 is 0 Å². The highest BCUT2D eigenvalue weighted by Gasteiger charge is 2.25. The van der Waals surface area contributed by atoms with E-state index in [-0.39, 0.29) is 0 Å². The highest BCUT2D eigenvalue weighted by molar-refractivity contribution is 6.24. The molecule has 0 saturated carbocycles. The molecule has 0 N–H and O–H groups in total. The van der Waals surface area contributed by atoms with E-state index in [4.69, 9.17) is 15.0 Å². The van der Waals surface area contributed by atoms with Gasteiger partial charge in [0.05, 0.1) is 11.6 Å². The second-order valence-corrected chi connectivity index (χ2v) is 15.8. The van der Waals surface area contributed by atoms with Crippen molar-refractivity contribution in [2.45, 2.75) is 0 Å². The van der Waals surface area contributed by atoms with Crippen LogP contribution in [0.15, 0.2) is 206 Å². The lowest BCUT2D eigenvalue weighted by atomic mass is 9.86. The molecule has 12 rings (SSSR count). The maximum absolute atomic E-state index is 9.34. The van der Waals surface area contributed by atoms with Gasteiger partial charge in [0.25, 0.3) is 0 Å². The first-order valence-electron chi connectivity index (χ1n) is 20.8. The minimum atomic E-state index is 0.640. The zero-order chi connectivity index (χ0) is 41.1. The number of nitrogens with zero attached hydrogens (tertiary/aromatic N) is 4. The highest BCUT2D eigenvalue weighted by atomic mass is 15.0. The number of hydrogen-bond acceptors (Lipinski definition) is 4. The molecule has 0 fully saturated rings. The predicted molar refractivity (Wildman–Crippen MR) is 254 cm³/mol. The third-order valence-corrected chi connectivity index (χ3v) is 12.3. The zero-order valence-electron chi connectivity index (χ0n) is 33.4. The Morgan fingerprint density at radius 3 is 1.27 bits per heavy atom. The number of hydrogen-bond donors (Lipinski definition) is 0. The average molecular weight is 787 g/mol. The second-order valence-electron chi connectivity index (χ2n) is 15.8. The standard InChI is InChI=1S/C58H34N4/c59-35-36-21-23-37(24-22-36)38-25-27-39(28-26-38)44-29-30-48-45-17-7-8-18-46(45)49-31-32-50(54(44)55(48)49)47-19-9-15-42-34-53-43(33-52(42)47)16-10-20-51(53)58-61-56(40-11-3-1-4-12-40)60-57(62-58)41-13-5-2-6-14-41/h1-34H. The van der Waals surface area contributed by atoms with Crippen LogP contribution in [0.5, 0.6) is 0 Å². The first-order chi connectivity index (χ1) is 30.7. The number of nitriles is 1. The number of fused-ring (bicyclic) bond motifs is 5. The number of aromatic nitrogens is 3. The van der Waals surface area contributed by atoms with Gasteiger partial charge >= 0.3 is 0 Å². The third kappa shape index (κ3) is 5.79. The summed E-state index contributed by atoms with van der Waals surface area (Å²) in [5.41, 5.74) is 15.5.